The predicted molar refractivity (Wildman–Crippen MR) is 128 cm³/mol. The van der Waals surface area contributed by atoms with Crippen LogP contribution in [0.25, 0.3) is 0 Å². The number of halogens is 3. The largest absolute Gasteiger partial charge is 0.494 e. The molecule has 1 N–H and O–H groups in total. The van der Waals surface area contributed by atoms with Crippen molar-refractivity contribution in [1.29, 1.82) is 0 Å². The van der Waals surface area contributed by atoms with E-state index in [1.165, 1.54) is 6.07 Å². The summed E-state index contributed by atoms with van der Waals surface area (Å²) < 4.78 is 47.4. The monoisotopic (exact) mass is 486 g/mol. The molecule has 1 heterocycles. The Kier molecular flexibility index (Phi) is 6.66. The van der Waals surface area contributed by atoms with Crippen LogP contribution in [0, 0.1) is 11.3 Å². The van der Waals surface area contributed by atoms with Crippen LogP contribution in [0.2, 0.25) is 0 Å². The van der Waals surface area contributed by atoms with Crippen molar-refractivity contribution in [1.82, 2.24) is 0 Å². The van der Waals surface area contributed by atoms with Crippen LogP contribution >= 0.6 is 0 Å². The number of fused-ring (bicyclic) bond motifs is 2. The molecule has 2 aliphatic rings. The highest BCUT2D eigenvalue weighted by Crippen LogP contribution is 2.49. The van der Waals surface area contributed by atoms with Crippen molar-refractivity contribution in [2.45, 2.75) is 52.3 Å². The highest BCUT2D eigenvalue weighted by atomic mass is 19.4. The zero-order valence-electron chi connectivity index (χ0n) is 20.0. The molecule has 8 heteroatoms. The number of carbonyl (C=O) groups is 2. The van der Waals surface area contributed by atoms with E-state index in [0.717, 1.165) is 17.7 Å². The Balaban J connectivity index is 1.89. The van der Waals surface area contributed by atoms with Crippen molar-refractivity contribution in [2.75, 3.05) is 16.8 Å². The van der Waals surface area contributed by atoms with Gasteiger partial charge in [-0.3, -0.25) is 14.5 Å². The molecular formula is C27H29F3N2O3. The lowest BCUT2D eigenvalue weighted by Gasteiger charge is -2.39. The summed E-state index contributed by atoms with van der Waals surface area (Å²) in [6.07, 6.45) is -1.23. The van der Waals surface area contributed by atoms with Gasteiger partial charge in [-0.05, 0) is 41.7 Å². The van der Waals surface area contributed by atoms with Crippen LogP contribution in [0.5, 0.6) is 5.75 Å². The molecule has 2 atom stereocenters. The number of benzene rings is 2. The Hall–Kier alpha value is -3.29. The van der Waals surface area contributed by atoms with E-state index >= 15 is 0 Å². The third-order valence-electron chi connectivity index (χ3n) is 6.34. The van der Waals surface area contributed by atoms with Crippen molar-refractivity contribution in [3.05, 3.63) is 65.9 Å². The molecule has 4 rings (SSSR count). The summed E-state index contributed by atoms with van der Waals surface area (Å²) in [4.78, 5) is 27.1. The van der Waals surface area contributed by atoms with Crippen molar-refractivity contribution >= 4 is 23.1 Å². The first-order valence-electron chi connectivity index (χ1n) is 11.8. The number of nitrogens with zero attached hydrogens (tertiary/aromatic N) is 1. The maximum Gasteiger partial charge on any atom is 0.471 e. The molecule has 186 valence electrons. The number of carbonyl (C=O) groups excluding carboxylic acids is 2. The Morgan fingerprint density at radius 1 is 1.14 bits per heavy atom. The van der Waals surface area contributed by atoms with Gasteiger partial charge >= 0.3 is 12.1 Å². The third-order valence-corrected chi connectivity index (χ3v) is 6.34. The minimum Gasteiger partial charge on any atom is -0.494 e. The molecule has 35 heavy (non-hydrogen) atoms. The van der Waals surface area contributed by atoms with Gasteiger partial charge < -0.3 is 10.1 Å². The zero-order chi connectivity index (χ0) is 25.4. The SMILES string of the molecule is CCCCOc1ccc([C@H]2[C@H]3C(=O)CC(C)(C)C=C3Nc3ccccc3N2C(=O)C(F)(F)F)cc1. The van der Waals surface area contributed by atoms with Crippen LogP contribution in [0.4, 0.5) is 24.5 Å². The average molecular weight is 487 g/mol. The fourth-order valence-electron chi connectivity index (χ4n) is 4.81. The molecule has 2 aromatic rings. The van der Waals surface area contributed by atoms with E-state index < -0.39 is 29.5 Å². The highest BCUT2D eigenvalue weighted by molar-refractivity contribution is 6.03. The fourth-order valence-corrected chi connectivity index (χ4v) is 4.81. The van der Waals surface area contributed by atoms with Crippen molar-refractivity contribution < 1.29 is 27.5 Å². The first-order chi connectivity index (χ1) is 16.5. The lowest BCUT2D eigenvalue weighted by Crippen LogP contribution is -2.48. The van der Waals surface area contributed by atoms with E-state index in [2.05, 4.69) is 5.32 Å². The number of para-hydroxylation sites is 2. The lowest BCUT2D eigenvalue weighted by atomic mass is 9.72. The molecule has 1 aliphatic heterocycles. The molecule has 0 saturated carbocycles. The molecule has 0 saturated heterocycles. The van der Waals surface area contributed by atoms with Gasteiger partial charge in [0.25, 0.3) is 0 Å². The van der Waals surface area contributed by atoms with Gasteiger partial charge in [-0.2, -0.15) is 13.2 Å². The van der Waals surface area contributed by atoms with E-state index in [1.807, 2.05) is 26.8 Å². The number of allylic oxidation sites excluding steroid dienone is 1. The normalized spacial score (nSPS) is 21.3. The second-order valence-corrected chi connectivity index (χ2v) is 9.74. The molecule has 0 spiro atoms. The Labute approximate surface area is 203 Å². The lowest BCUT2D eigenvalue weighted by molar-refractivity contribution is -0.171. The molecule has 5 nitrogen and oxygen atoms in total. The van der Waals surface area contributed by atoms with E-state index in [4.69, 9.17) is 4.74 Å². The summed E-state index contributed by atoms with van der Waals surface area (Å²) in [6, 6.07) is 11.8. The molecule has 0 unspecified atom stereocenters. The summed E-state index contributed by atoms with van der Waals surface area (Å²) in [6.45, 7) is 6.38. The van der Waals surface area contributed by atoms with Gasteiger partial charge in [0.15, 0.2) is 0 Å². The summed E-state index contributed by atoms with van der Waals surface area (Å²) >= 11 is 0. The molecular weight excluding hydrogens is 457 g/mol. The van der Waals surface area contributed by atoms with Gasteiger partial charge in [0.05, 0.1) is 29.9 Å². The number of amides is 1. The van der Waals surface area contributed by atoms with E-state index in [0.29, 0.717) is 29.3 Å². The first kappa shape index (κ1) is 24.8. The van der Waals surface area contributed by atoms with Crippen molar-refractivity contribution in [2.24, 2.45) is 11.3 Å². The van der Waals surface area contributed by atoms with Gasteiger partial charge in [0.2, 0.25) is 0 Å². The number of hydrogen-bond donors (Lipinski definition) is 1. The number of anilines is 2. The van der Waals surface area contributed by atoms with E-state index in [-0.39, 0.29) is 17.9 Å². The van der Waals surface area contributed by atoms with Crippen LogP contribution in [0.1, 0.15) is 51.6 Å². The number of nitrogens with one attached hydrogen (secondary N) is 1. The van der Waals surface area contributed by atoms with Gasteiger partial charge in [0, 0.05) is 12.1 Å². The Morgan fingerprint density at radius 3 is 2.49 bits per heavy atom. The summed E-state index contributed by atoms with van der Waals surface area (Å²) in [5.41, 5.74) is 0.866. The molecule has 0 radical (unpaired) electrons. The number of ketones is 1. The average Bonchev–Trinajstić information content (AvgIpc) is 2.92. The number of unbranched alkanes of at least 4 members (excludes halogenated alkanes) is 1. The molecule has 1 amide bonds. The van der Waals surface area contributed by atoms with Gasteiger partial charge in [-0.15, -0.1) is 0 Å². The zero-order valence-corrected chi connectivity index (χ0v) is 20.0. The summed E-state index contributed by atoms with van der Waals surface area (Å²) in [7, 11) is 0. The molecule has 1 aliphatic carbocycles. The molecule has 2 aromatic carbocycles. The first-order valence-corrected chi connectivity index (χ1v) is 11.8. The quantitative estimate of drug-likeness (QED) is 0.495. The van der Waals surface area contributed by atoms with Crippen molar-refractivity contribution in [3.63, 3.8) is 0 Å². The third kappa shape index (κ3) is 5.06. The number of alkyl halides is 3. The minimum atomic E-state index is -5.13. The van der Waals surface area contributed by atoms with Crippen LogP contribution < -0.4 is 15.0 Å². The smallest absolute Gasteiger partial charge is 0.471 e. The maximum absolute atomic E-state index is 13.9. The fraction of sp³-hybridized carbons (Fsp3) is 0.407. The van der Waals surface area contributed by atoms with Crippen LogP contribution in [-0.2, 0) is 9.59 Å². The molecule has 0 aromatic heterocycles. The number of hydrogen-bond acceptors (Lipinski definition) is 4. The highest BCUT2D eigenvalue weighted by Gasteiger charge is 2.52. The maximum atomic E-state index is 13.9. The van der Waals surface area contributed by atoms with Gasteiger partial charge in [-0.1, -0.05) is 57.5 Å². The summed E-state index contributed by atoms with van der Waals surface area (Å²) in [5, 5.41) is 3.18. The second-order valence-electron chi connectivity index (χ2n) is 9.74. The van der Waals surface area contributed by atoms with Crippen molar-refractivity contribution in [3.8, 4) is 5.75 Å². The van der Waals surface area contributed by atoms with E-state index in [9.17, 15) is 22.8 Å². The van der Waals surface area contributed by atoms with Gasteiger partial charge in [-0.25, -0.2) is 0 Å². The number of Topliss-reactive ketones (excluding diaryl/α,β-unsaturated/α-hetero) is 1. The van der Waals surface area contributed by atoms with E-state index in [1.54, 1.807) is 42.5 Å². The number of rotatable bonds is 5. The second kappa shape index (κ2) is 9.40. The predicted octanol–water partition coefficient (Wildman–Crippen LogP) is 6.43. The Bertz CT molecular complexity index is 1140. The van der Waals surface area contributed by atoms with Gasteiger partial charge in [0.1, 0.15) is 11.5 Å². The topological polar surface area (TPSA) is 58.6 Å². The van der Waals surface area contributed by atoms with Crippen LogP contribution in [-0.4, -0.2) is 24.5 Å². The van der Waals surface area contributed by atoms with Crippen LogP contribution in [0.3, 0.4) is 0 Å². The molecule has 0 fully saturated rings. The van der Waals surface area contributed by atoms with Crippen LogP contribution in [0.15, 0.2) is 60.3 Å². The minimum absolute atomic E-state index is 0.0732. The Morgan fingerprint density at radius 2 is 1.83 bits per heavy atom. The molecule has 0 bridgehead atoms. The number of ether oxygens (including phenoxy) is 1. The summed E-state index contributed by atoms with van der Waals surface area (Å²) in [5.74, 6) is -2.64. The standard InChI is InChI=1S/C27H29F3N2O3/c1-4-5-14-35-18-12-10-17(11-13-18)24-23-20(15-26(2,3)16-22(23)33)31-19-8-6-7-9-21(19)32(24)25(34)27(28,29)30/h6-13,15,23-24,31H,4-5,14,16H2,1-3H3/t23-,24+/m1/s1.